The molecule has 0 bridgehead atoms. The molecule has 5 rings (SSSR count). The van der Waals surface area contributed by atoms with Gasteiger partial charge in [-0.05, 0) is 53.1 Å². The predicted molar refractivity (Wildman–Crippen MR) is 138 cm³/mol. The zero-order chi connectivity index (χ0) is 25.1. The molecule has 0 N–H and O–H groups in total. The summed E-state index contributed by atoms with van der Waals surface area (Å²) < 4.78 is 41.9. The number of nitrogens with zero attached hydrogens (tertiary/aromatic N) is 2. The van der Waals surface area contributed by atoms with Crippen LogP contribution in [0.1, 0.15) is 39.6 Å². The van der Waals surface area contributed by atoms with Crippen molar-refractivity contribution < 1.29 is 17.0 Å². The average Bonchev–Trinajstić information content (AvgIpc) is 2.87. The highest BCUT2D eigenvalue weighted by Crippen LogP contribution is 2.42. The molecule has 0 radical (unpaired) electrons. The van der Waals surface area contributed by atoms with E-state index in [0.29, 0.717) is 24.8 Å². The summed E-state index contributed by atoms with van der Waals surface area (Å²) in [4.78, 5) is 9.57. The number of hydrogen-bond acceptors (Lipinski definition) is 5. The lowest BCUT2D eigenvalue weighted by molar-refractivity contribution is 0.326. The van der Waals surface area contributed by atoms with E-state index < -0.39 is 10.1 Å². The Bertz CT molecular complexity index is 1500. The SMILES string of the molecule is CS(=O)(=O)OCCc1cccc(CCc2ncc3c(n2)-c2ccccc2[C@H](c2ccccc2F)C3)c1. The van der Waals surface area contributed by atoms with Gasteiger partial charge in [-0.2, -0.15) is 8.42 Å². The quantitative estimate of drug-likeness (QED) is 0.307. The highest BCUT2D eigenvalue weighted by molar-refractivity contribution is 7.85. The molecule has 1 aromatic heterocycles. The third-order valence-corrected chi connectivity index (χ3v) is 7.12. The van der Waals surface area contributed by atoms with Crippen LogP contribution < -0.4 is 0 Å². The average molecular weight is 503 g/mol. The molecule has 7 heteroatoms. The van der Waals surface area contributed by atoms with Gasteiger partial charge >= 0.3 is 0 Å². The van der Waals surface area contributed by atoms with Crippen LogP contribution in [0.4, 0.5) is 4.39 Å². The summed E-state index contributed by atoms with van der Waals surface area (Å²) in [6, 6.07) is 23.1. The Morgan fingerprint density at radius 2 is 1.64 bits per heavy atom. The van der Waals surface area contributed by atoms with Gasteiger partial charge in [0.15, 0.2) is 0 Å². The molecule has 0 aliphatic heterocycles. The highest BCUT2D eigenvalue weighted by atomic mass is 32.2. The summed E-state index contributed by atoms with van der Waals surface area (Å²) in [5.41, 5.74) is 6.92. The smallest absolute Gasteiger partial charge is 0.264 e. The molecular formula is C29H27FN2O3S. The van der Waals surface area contributed by atoms with E-state index >= 15 is 0 Å². The molecule has 1 aliphatic rings. The first-order valence-electron chi connectivity index (χ1n) is 12.0. The number of halogens is 1. The third kappa shape index (κ3) is 5.53. The summed E-state index contributed by atoms with van der Waals surface area (Å²) in [5, 5.41) is 0. The number of hydrogen-bond donors (Lipinski definition) is 0. The van der Waals surface area contributed by atoms with Crippen molar-refractivity contribution in [3.05, 3.63) is 118 Å². The summed E-state index contributed by atoms with van der Waals surface area (Å²) in [7, 11) is -3.44. The fourth-order valence-corrected chi connectivity index (χ4v) is 5.22. The Morgan fingerprint density at radius 3 is 2.42 bits per heavy atom. The lowest BCUT2D eigenvalue weighted by Gasteiger charge is -2.27. The number of fused-ring (bicyclic) bond motifs is 3. The second-order valence-electron chi connectivity index (χ2n) is 9.12. The fourth-order valence-electron chi connectivity index (χ4n) is 4.84. The summed E-state index contributed by atoms with van der Waals surface area (Å²) in [6.45, 7) is 0.128. The van der Waals surface area contributed by atoms with Gasteiger partial charge in [-0.25, -0.2) is 14.4 Å². The van der Waals surface area contributed by atoms with Crippen molar-refractivity contribution >= 4 is 10.1 Å². The summed E-state index contributed by atoms with van der Waals surface area (Å²) in [6.07, 6.45) is 5.57. The maximum absolute atomic E-state index is 14.7. The van der Waals surface area contributed by atoms with Crippen molar-refractivity contribution in [2.45, 2.75) is 31.6 Å². The lowest BCUT2D eigenvalue weighted by Crippen LogP contribution is -2.16. The molecule has 0 amide bonds. The fraction of sp³-hybridized carbons (Fsp3) is 0.241. The second kappa shape index (κ2) is 10.3. The molecule has 0 saturated heterocycles. The van der Waals surface area contributed by atoms with Gasteiger partial charge in [0, 0.05) is 24.1 Å². The molecule has 0 saturated carbocycles. The molecule has 1 atom stereocenters. The molecule has 184 valence electrons. The molecule has 36 heavy (non-hydrogen) atoms. The molecule has 3 aromatic carbocycles. The first-order chi connectivity index (χ1) is 17.4. The first-order valence-corrected chi connectivity index (χ1v) is 13.8. The molecule has 4 aromatic rings. The standard InChI is InChI=1S/C29H27FN2O3S/c1-36(33,34)35-16-15-21-8-6-7-20(17-21)13-14-28-31-19-22-18-26(24-10-4-5-12-27(24)30)23-9-2-3-11-25(23)29(22)32-28/h2-12,17,19,26H,13-16,18H2,1H3/t26-/m1/s1. The van der Waals surface area contributed by atoms with E-state index in [1.807, 2.05) is 48.7 Å². The van der Waals surface area contributed by atoms with E-state index in [1.165, 1.54) is 6.07 Å². The first kappa shape index (κ1) is 24.3. The zero-order valence-electron chi connectivity index (χ0n) is 20.0. The van der Waals surface area contributed by atoms with Gasteiger partial charge in [0.05, 0.1) is 18.6 Å². The maximum atomic E-state index is 14.7. The van der Waals surface area contributed by atoms with Gasteiger partial charge < -0.3 is 0 Å². The van der Waals surface area contributed by atoms with E-state index in [4.69, 9.17) is 9.17 Å². The van der Waals surface area contributed by atoms with Gasteiger partial charge in [-0.15, -0.1) is 0 Å². The monoisotopic (exact) mass is 502 g/mol. The van der Waals surface area contributed by atoms with Crippen molar-refractivity contribution in [2.24, 2.45) is 0 Å². The summed E-state index contributed by atoms with van der Waals surface area (Å²) in [5.74, 6) is 0.501. The van der Waals surface area contributed by atoms with Crippen LogP contribution in [0.2, 0.25) is 0 Å². The van der Waals surface area contributed by atoms with Crippen LogP contribution in [0.3, 0.4) is 0 Å². The number of rotatable bonds is 8. The molecule has 0 unspecified atom stereocenters. The molecule has 0 fully saturated rings. The highest BCUT2D eigenvalue weighted by Gasteiger charge is 2.28. The molecular weight excluding hydrogens is 475 g/mol. The predicted octanol–water partition coefficient (Wildman–Crippen LogP) is 5.27. The van der Waals surface area contributed by atoms with Crippen molar-refractivity contribution in [1.29, 1.82) is 0 Å². The van der Waals surface area contributed by atoms with Crippen LogP contribution in [0, 0.1) is 5.82 Å². The van der Waals surface area contributed by atoms with Crippen molar-refractivity contribution in [2.75, 3.05) is 12.9 Å². The van der Waals surface area contributed by atoms with Gasteiger partial charge in [0.2, 0.25) is 0 Å². The Kier molecular flexibility index (Phi) is 6.94. The Hall–Kier alpha value is -3.42. The Morgan fingerprint density at radius 1 is 0.917 bits per heavy atom. The van der Waals surface area contributed by atoms with Gasteiger partial charge in [0.25, 0.3) is 10.1 Å². The summed E-state index contributed by atoms with van der Waals surface area (Å²) >= 11 is 0. The number of aryl methyl sites for hydroxylation is 2. The van der Waals surface area contributed by atoms with Crippen molar-refractivity contribution in [1.82, 2.24) is 9.97 Å². The normalized spacial score (nSPS) is 14.8. The minimum atomic E-state index is -3.44. The molecule has 1 heterocycles. The van der Waals surface area contributed by atoms with E-state index in [2.05, 4.69) is 23.2 Å². The molecule has 0 spiro atoms. The Balaban J connectivity index is 1.34. The van der Waals surface area contributed by atoms with Crippen LogP contribution in [0.15, 0.2) is 79.0 Å². The number of aromatic nitrogens is 2. The topological polar surface area (TPSA) is 69.2 Å². The lowest BCUT2D eigenvalue weighted by atomic mass is 9.77. The van der Waals surface area contributed by atoms with Crippen LogP contribution in [0.5, 0.6) is 0 Å². The van der Waals surface area contributed by atoms with Crippen LogP contribution in [-0.4, -0.2) is 31.2 Å². The van der Waals surface area contributed by atoms with E-state index in [1.54, 1.807) is 6.07 Å². The van der Waals surface area contributed by atoms with Crippen molar-refractivity contribution in [3.63, 3.8) is 0 Å². The Labute approximate surface area is 211 Å². The molecule has 1 aliphatic carbocycles. The van der Waals surface area contributed by atoms with E-state index in [0.717, 1.165) is 52.0 Å². The van der Waals surface area contributed by atoms with Gasteiger partial charge in [0.1, 0.15) is 11.6 Å². The maximum Gasteiger partial charge on any atom is 0.264 e. The van der Waals surface area contributed by atoms with E-state index in [-0.39, 0.29) is 18.3 Å². The van der Waals surface area contributed by atoms with E-state index in [9.17, 15) is 12.8 Å². The van der Waals surface area contributed by atoms with Crippen LogP contribution in [-0.2, 0) is 40.0 Å². The van der Waals surface area contributed by atoms with Crippen LogP contribution >= 0.6 is 0 Å². The van der Waals surface area contributed by atoms with Gasteiger partial charge in [-0.1, -0.05) is 66.7 Å². The second-order valence-corrected chi connectivity index (χ2v) is 10.8. The minimum Gasteiger partial charge on any atom is -0.270 e. The zero-order valence-corrected chi connectivity index (χ0v) is 20.8. The number of benzene rings is 3. The third-order valence-electron chi connectivity index (χ3n) is 6.53. The van der Waals surface area contributed by atoms with Crippen molar-refractivity contribution in [3.8, 4) is 11.3 Å². The molecule has 5 nitrogen and oxygen atoms in total. The van der Waals surface area contributed by atoms with Gasteiger partial charge in [-0.3, -0.25) is 4.18 Å². The minimum absolute atomic E-state index is 0.0706. The largest absolute Gasteiger partial charge is 0.270 e. The van der Waals surface area contributed by atoms with Crippen LogP contribution in [0.25, 0.3) is 11.3 Å².